The van der Waals surface area contributed by atoms with Gasteiger partial charge in [0.25, 0.3) is 0 Å². The van der Waals surface area contributed by atoms with Crippen LogP contribution in [0.4, 0.5) is 0 Å². The second-order valence-electron chi connectivity index (χ2n) is 6.46. The van der Waals surface area contributed by atoms with E-state index in [-0.39, 0.29) is 0 Å². The summed E-state index contributed by atoms with van der Waals surface area (Å²) in [4.78, 5) is 2.61. The third-order valence-corrected chi connectivity index (χ3v) is 5.53. The van der Waals surface area contributed by atoms with E-state index >= 15 is 0 Å². The lowest BCUT2D eigenvalue weighted by Crippen LogP contribution is -1.96. The third-order valence-electron chi connectivity index (χ3n) is 4.35. The Morgan fingerprint density at radius 1 is 0.720 bits per heavy atom. The maximum Gasteiger partial charge on any atom is 0.119 e. The first kappa shape index (κ1) is 17.8. The van der Waals surface area contributed by atoms with Crippen LogP contribution in [-0.4, -0.2) is 6.61 Å². The van der Waals surface area contributed by atoms with Crippen molar-refractivity contribution in [1.29, 1.82) is 0 Å². The molecular weight excluding hydrogens is 324 g/mol. The molecule has 25 heavy (non-hydrogen) atoms. The van der Waals surface area contributed by atoms with Crippen LogP contribution in [0.25, 0.3) is 20.9 Å². The molecule has 2 aromatic carbocycles. The molecule has 0 radical (unpaired) electrons. The van der Waals surface area contributed by atoms with Crippen molar-refractivity contribution in [3.8, 4) is 26.6 Å². The highest BCUT2D eigenvalue weighted by atomic mass is 32.1. The monoisotopic (exact) mass is 350 g/mol. The Balaban J connectivity index is 1.62. The average Bonchev–Trinajstić information content (AvgIpc) is 3.13. The normalized spacial score (nSPS) is 10.8. The number of hydrogen-bond donors (Lipinski definition) is 0. The molecule has 0 saturated heterocycles. The molecule has 2 heteroatoms. The fourth-order valence-corrected chi connectivity index (χ4v) is 3.82. The van der Waals surface area contributed by atoms with Crippen LogP contribution < -0.4 is 4.74 Å². The van der Waals surface area contributed by atoms with Crippen molar-refractivity contribution in [3.05, 3.63) is 66.2 Å². The molecule has 130 valence electrons. The van der Waals surface area contributed by atoms with Crippen molar-refractivity contribution in [3.63, 3.8) is 0 Å². The number of unbranched alkanes of at least 4 members (excludes halogenated alkanes) is 3. The highest BCUT2D eigenvalue weighted by molar-refractivity contribution is 7.18. The molecule has 0 amide bonds. The molecule has 1 aromatic heterocycles. The Kier molecular flexibility index (Phi) is 6.30. The number of thiophene rings is 1. The molecule has 1 nitrogen and oxygen atoms in total. The summed E-state index contributed by atoms with van der Waals surface area (Å²) in [7, 11) is 0. The molecule has 0 aliphatic carbocycles. The summed E-state index contributed by atoms with van der Waals surface area (Å²) in [5.74, 6) is 0.968. The van der Waals surface area contributed by atoms with Gasteiger partial charge in [0.05, 0.1) is 6.61 Å². The molecule has 3 aromatic rings. The van der Waals surface area contributed by atoms with Crippen molar-refractivity contribution in [2.75, 3.05) is 6.61 Å². The van der Waals surface area contributed by atoms with Crippen molar-refractivity contribution in [2.45, 2.75) is 39.5 Å². The number of benzene rings is 2. The predicted octanol–water partition coefficient (Wildman–Crippen LogP) is 7.35. The van der Waals surface area contributed by atoms with E-state index in [9.17, 15) is 0 Å². The van der Waals surface area contributed by atoms with Gasteiger partial charge in [-0.05, 0) is 60.9 Å². The summed E-state index contributed by atoms with van der Waals surface area (Å²) < 4.78 is 5.83. The van der Waals surface area contributed by atoms with Crippen LogP contribution in [0.15, 0.2) is 60.7 Å². The number of ether oxygens (including phenoxy) is 1. The summed E-state index contributed by atoms with van der Waals surface area (Å²) >= 11 is 1.84. The van der Waals surface area contributed by atoms with E-state index in [1.54, 1.807) is 0 Å². The summed E-state index contributed by atoms with van der Waals surface area (Å²) in [6, 6.07) is 21.6. The number of hydrogen-bond acceptors (Lipinski definition) is 2. The molecule has 3 rings (SSSR count). The molecule has 0 N–H and O–H groups in total. The molecule has 1 heterocycles. The molecule has 0 atom stereocenters. The van der Waals surface area contributed by atoms with Gasteiger partial charge in [0, 0.05) is 9.75 Å². The Hall–Kier alpha value is -2.06. The van der Waals surface area contributed by atoms with Gasteiger partial charge < -0.3 is 4.74 Å². The predicted molar refractivity (Wildman–Crippen MR) is 110 cm³/mol. The van der Waals surface area contributed by atoms with Gasteiger partial charge in [-0.25, -0.2) is 0 Å². The topological polar surface area (TPSA) is 9.23 Å². The molecule has 0 aliphatic heterocycles. The zero-order valence-electron chi connectivity index (χ0n) is 15.1. The van der Waals surface area contributed by atoms with Gasteiger partial charge in [0.2, 0.25) is 0 Å². The van der Waals surface area contributed by atoms with Crippen LogP contribution in [0.2, 0.25) is 0 Å². The largest absolute Gasteiger partial charge is 0.494 e. The van der Waals surface area contributed by atoms with Gasteiger partial charge in [0.15, 0.2) is 0 Å². The van der Waals surface area contributed by atoms with E-state index < -0.39 is 0 Å². The van der Waals surface area contributed by atoms with Gasteiger partial charge in [-0.2, -0.15) is 0 Å². The Bertz CT molecular complexity index is 769. The Morgan fingerprint density at radius 3 is 1.92 bits per heavy atom. The highest BCUT2D eigenvalue weighted by Crippen LogP contribution is 2.35. The first-order valence-electron chi connectivity index (χ1n) is 9.16. The summed E-state index contributed by atoms with van der Waals surface area (Å²) in [5, 5.41) is 0. The SMILES string of the molecule is CCCCCCOc1ccc(-c2ccc(-c3ccc(C)cc3)s2)cc1. The minimum absolute atomic E-state index is 0.815. The summed E-state index contributed by atoms with van der Waals surface area (Å²) in [5.41, 5.74) is 3.83. The van der Waals surface area contributed by atoms with Crippen molar-refractivity contribution in [2.24, 2.45) is 0 Å². The lowest BCUT2D eigenvalue weighted by Gasteiger charge is -2.06. The van der Waals surface area contributed by atoms with Gasteiger partial charge in [0.1, 0.15) is 5.75 Å². The van der Waals surface area contributed by atoms with Crippen LogP contribution in [-0.2, 0) is 0 Å². The van der Waals surface area contributed by atoms with Crippen molar-refractivity contribution >= 4 is 11.3 Å². The zero-order valence-corrected chi connectivity index (χ0v) is 15.9. The van der Waals surface area contributed by atoms with Crippen LogP contribution in [0, 0.1) is 6.92 Å². The molecule has 0 saturated carbocycles. The maximum atomic E-state index is 5.83. The standard InChI is InChI=1S/C23H26OS/c1-3-4-5-6-17-24-21-13-11-20(12-14-21)23-16-15-22(25-23)19-9-7-18(2)8-10-19/h7-16H,3-6,17H2,1-2H3. The third kappa shape index (κ3) is 4.96. The second kappa shape index (κ2) is 8.87. The number of aryl methyl sites for hydroxylation is 1. The van der Waals surface area contributed by atoms with E-state index in [0.717, 1.165) is 18.8 Å². The minimum atomic E-state index is 0.815. The first-order chi connectivity index (χ1) is 12.3. The molecule has 0 aliphatic rings. The summed E-state index contributed by atoms with van der Waals surface area (Å²) in [6.45, 7) is 5.17. The Labute approximate surface area is 155 Å². The van der Waals surface area contributed by atoms with Gasteiger partial charge >= 0.3 is 0 Å². The Morgan fingerprint density at radius 2 is 1.32 bits per heavy atom. The lowest BCUT2D eigenvalue weighted by molar-refractivity contribution is 0.305. The van der Waals surface area contributed by atoms with E-state index in [1.165, 1.54) is 45.7 Å². The van der Waals surface area contributed by atoms with Crippen LogP contribution in [0.1, 0.15) is 38.2 Å². The van der Waals surface area contributed by atoms with E-state index in [1.807, 2.05) is 11.3 Å². The number of rotatable bonds is 8. The highest BCUT2D eigenvalue weighted by Gasteiger charge is 2.05. The molecule has 0 bridgehead atoms. The van der Waals surface area contributed by atoms with Gasteiger partial charge in [-0.3, -0.25) is 0 Å². The van der Waals surface area contributed by atoms with Gasteiger partial charge in [-0.15, -0.1) is 11.3 Å². The molecule has 0 fully saturated rings. The zero-order chi connectivity index (χ0) is 17.5. The average molecular weight is 351 g/mol. The second-order valence-corrected chi connectivity index (χ2v) is 7.55. The van der Waals surface area contributed by atoms with E-state index in [2.05, 4.69) is 74.5 Å². The van der Waals surface area contributed by atoms with Crippen LogP contribution >= 0.6 is 11.3 Å². The molecular formula is C23H26OS. The summed E-state index contributed by atoms with van der Waals surface area (Å²) in [6.07, 6.45) is 4.95. The van der Waals surface area contributed by atoms with Crippen LogP contribution in [0.5, 0.6) is 5.75 Å². The smallest absolute Gasteiger partial charge is 0.119 e. The van der Waals surface area contributed by atoms with Gasteiger partial charge in [-0.1, -0.05) is 56.0 Å². The van der Waals surface area contributed by atoms with E-state index in [4.69, 9.17) is 4.74 Å². The first-order valence-corrected chi connectivity index (χ1v) is 9.98. The minimum Gasteiger partial charge on any atom is -0.494 e. The molecule has 0 spiro atoms. The van der Waals surface area contributed by atoms with Crippen molar-refractivity contribution < 1.29 is 4.74 Å². The van der Waals surface area contributed by atoms with Crippen LogP contribution in [0.3, 0.4) is 0 Å². The fourth-order valence-electron chi connectivity index (χ4n) is 2.80. The quantitative estimate of drug-likeness (QED) is 0.386. The van der Waals surface area contributed by atoms with E-state index in [0.29, 0.717) is 0 Å². The molecule has 0 unspecified atom stereocenters. The fraction of sp³-hybridized carbons (Fsp3) is 0.304. The van der Waals surface area contributed by atoms with Crippen molar-refractivity contribution in [1.82, 2.24) is 0 Å². The lowest BCUT2D eigenvalue weighted by atomic mass is 10.1. The maximum absolute atomic E-state index is 5.83.